The zero-order valence-electron chi connectivity index (χ0n) is 9.98. The summed E-state index contributed by atoms with van der Waals surface area (Å²) in [6.45, 7) is 2.94. The van der Waals surface area contributed by atoms with Gasteiger partial charge in [0.25, 0.3) is 0 Å². The van der Waals surface area contributed by atoms with E-state index in [1.807, 2.05) is 0 Å². The maximum atomic E-state index is 4.47. The molecular weight excluding hydrogens is 206 g/mol. The molecule has 0 radical (unpaired) electrons. The van der Waals surface area contributed by atoms with Crippen molar-refractivity contribution >= 4 is 5.71 Å². The van der Waals surface area contributed by atoms with E-state index in [9.17, 15) is 0 Å². The lowest BCUT2D eigenvalue weighted by molar-refractivity contribution is 1.09. The van der Waals surface area contributed by atoms with Crippen LogP contribution in [0.25, 0.3) is 0 Å². The average molecular weight is 221 g/mol. The third-order valence-electron chi connectivity index (χ3n) is 3.30. The number of hydrogen-bond donors (Lipinski definition) is 0. The highest BCUT2D eigenvalue weighted by Crippen LogP contribution is 2.21. The molecular formula is C16H15N. The van der Waals surface area contributed by atoms with Crippen LogP contribution < -0.4 is 0 Å². The quantitative estimate of drug-likeness (QED) is 0.734. The average Bonchev–Trinajstić information content (AvgIpc) is 2.72. The first-order valence-corrected chi connectivity index (χ1v) is 6.00. The van der Waals surface area contributed by atoms with E-state index in [2.05, 4.69) is 60.4 Å². The number of fused-ring (bicyclic) bond motifs is 1. The van der Waals surface area contributed by atoms with Crippen LogP contribution in [0.4, 0.5) is 0 Å². The minimum Gasteiger partial charge on any atom is -0.285 e. The summed E-state index contributed by atoms with van der Waals surface area (Å²) in [5.74, 6) is 0. The second-order valence-electron chi connectivity index (χ2n) is 4.56. The molecule has 0 atom stereocenters. The van der Waals surface area contributed by atoms with Gasteiger partial charge in [-0.15, -0.1) is 0 Å². The van der Waals surface area contributed by atoms with E-state index in [0.29, 0.717) is 0 Å². The number of rotatable bonds is 2. The first-order chi connectivity index (χ1) is 8.33. The summed E-state index contributed by atoms with van der Waals surface area (Å²) in [6, 6.07) is 17.3. The number of benzene rings is 2. The van der Waals surface area contributed by atoms with Crippen molar-refractivity contribution in [1.29, 1.82) is 0 Å². The molecule has 17 heavy (non-hydrogen) atoms. The number of aliphatic imine (C=N–C) groups is 1. The summed E-state index contributed by atoms with van der Waals surface area (Å²) in [4.78, 5) is 4.47. The molecule has 0 saturated heterocycles. The van der Waals surface area contributed by atoms with E-state index in [1.165, 1.54) is 28.0 Å². The van der Waals surface area contributed by atoms with Gasteiger partial charge in [-0.1, -0.05) is 48.5 Å². The minimum absolute atomic E-state index is 0.851. The summed E-state index contributed by atoms with van der Waals surface area (Å²) < 4.78 is 0. The molecule has 0 fully saturated rings. The Bertz CT molecular complexity index is 567. The third kappa shape index (κ3) is 2.01. The zero-order chi connectivity index (χ0) is 11.7. The smallest absolute Gasteiger partial charge is 0.0649 e. The van der Waals surface area contributed by atoms with Crippen LogP contribution in [0.15, 0.2) is 53.5 Å². The molecule has 3 rings (SSSR count). The van der Waals surface area contributed by atoms with Gasteiger partial charge in [0.2, 0.25) is 0 Å². The van der Waals surface area contributed by atoms with Crippen LogP contribution in [0, 0.1) is 0 Å². The van der Waals surface area contributed by atoms with Crippen LogP contribution in [0.5, 0.6) is 0 Å². The van der Waals surface area contributed by atoms with Crippen molar-refractivity contribution in [3.63, 3.8) is 0 Å². The molecule has 1 heteroatoms. The maximum Gasteiger partial charge on any atom is 0.0649 e. The Morgan fingerprint density at radius 3 is 2.65 bits per heavy atom. The monoisotopic (exact) mass is 221 g/mol. The van der Waals surface area contributed by atoms with Gasteiger partial charge in [-0.3, -0.25) is 4.99 Å². The van der Waals surface area contributed by atoms with Gasteiger partial charge in [0, 0.05) is 11.3 Å². The fraction of sp³-hybridized carbons (Fsp3) is 0.188. The second-order valence-corrected chi connectivity index (χ2v) is 4.56. The summed E-state index contributed by atoms with van der Waals surface area (Å²) in [7, 11) is 0. The first-order valence-electron chi connectivity index (χ1n) is 6.00. The first kappa shape index (κ1) is 10.3. The highest BCUT2D eigenvalue weighted by Gasteiger charge is 2.11. The van der Waals surface area contributed by atoms with E-state index in [1.54, 1.807) is 0 Å². The lowest BCUT2D eigenvalue weighted by Gasteiger charge is -2.05. The summed E-state index contributed by atoms with van der Waals surface area (Å²) >= 11 is 0. The van der Waals surface area contributed by atoms with Crippen molar-refractivity contribution in [2.75, 3.05) is 0 Å². The molecule has 84 valence electrons. The molecule has 0 aliphatic carbocycles. The van der Waals surface area contributed by atoms with E-state index in [0.717, 1.165) is 13.0 Å². The fourth-order valence-corrected chi connectivity index (χ4v) is 2.36. The fourth-order valence-electron chi connectivity index (χ4n) is 2.36. The normalized spacial score (nSPS) is 13.4. The standard InChI is InChI=1S/C16H15N/c1-12-16-8-7-14(10-15(16)11-17-12)9-13-5-3-2-4-6-13/h2-8,10H,9,11H2,1H3. The molecule has 0 bridgehead atoms. The summed E-state index contributed by atoms with van der Waals surface area (Å²) in [6.07, 6.45) is 1.01. The molecule has 0 spiro atoms. The second kappa shape index (κ2) is 4.17. The van der Waals surface area contributed by atoms with E-state index in [-0.39, 0.29) is 0 Å². The van der Waals surface area contributed by atoms with Gasteiger partial charge in [-0.2, -0.15) is 0 Å². The molecule has 0 saturated carbocycles. The molecule has 0 aromatic heterocycles. The van der Waals surface area contributed by atoms with E-state index in [4.69, 9.17) is 0 Å². The van der Waals surface area contributed by atoms with Gasteiger partial charge in [0.15, 0.2) is 0 Å². The molecule has 1 nitrogen and oxygen atoms in total. The van der Waals surface area contributed by atoms with Crippen LogP contribution in [0.1, 0.15) is 29.2 Å². The highest BCUT2D eigenvalue weighted by atomic mass is 14.8. The van der Waals surface area contributed by atoms with Gasteiger partial charge in [-0.25, -0.2) is 0 Å². The van der Waals surface area contributed by atoms with Gasteiger partial charge < -0.3 is 0 Å². The molecule has 0 amide bonds. The lowest BCUT2D eigenvalue weighted by Crippen LogP contribution is -1.94. The maximum absolute atomic E-state index is 4.47. The van der Waals surface area contributed by atoms with Gasteiger partial charge in [-0.05, 0) is 30.0 Å². The molecule has 1 heterocycles. The molecule has 2 aromatic rings. The van der Waals surface area contributed by atoms with Crippen LogP contribution in [-0.4, -0.2) is 5.71 Å². The third-order valence-corrected chi connectivity index (χ3v) is 3.30. The molecule has 0 N–H and O–H groups in total. The molecule has 2 aromatic carbocycles. The van der Waals surface area contributed by atoms with Crippen molar-refractivity contribution < 1.29 is 0 Å². The molecule has 1 aliphatic heterocycles. The Kier molecular flexibility index (Phi) is 2.52. The molecule has 1 aliphatic rings. The Morgan fingerprint density at radius 1 is 1.00 bits per heavy atom. The van der Waals surface area contributed by atoms with Crippen molar-refractivity contribution in [2.45, 2.75) is 19.9 Å². The Hall–Kier alpha value is -1.89. The summed E-state index contributed by atoms with van der Waals surface area (Å²) in [5.41, 5.74) is 6.60. The predicted octanol–water partition coefficient (Wildman–Crippen LogP) is 3.60. The van der Waals surface area contributed by atoms with Gasteiger partial charge in [0.05, 0.1) is 6.54 Å². The van der Waals surface area contributed by atoms with Crippen molar-refractivity contribution in [3.05, 3.63) is 70.8 Å². The van der Waals surface area contributed by atoms with E-state index < -0.39 is 0 Å². The van der Waals surface area contributed by atoms with Crippen molar-refractivity contribution in [2.24, 2.45) is 4.99 Å². The van der Waals surface area contributed by atoms with Crippen molar-refractivity contribution in [3.8, 4) is 0 Å². The molecule has 0 unspecified atom stereocenters. The zero-order valence-corrected chi connectivity index (χ0v) is 9.98. The van der Waals surface area contributed by atoms with Crippen LogP contribution in [0.2, 0.25) is 0 Å². The number of nitrogens with zero attached hydrogens (tertiary/aromatic N) is 1. The van der Waals surface area contributed by atoms with Crippen molar-refractivity contribution in [1.82, 2.24) is 0 Å². The van der Waals surface area contributed by atoms with Gasteiger partial charge in [0.1, 0.15) is 0 Å². The largest absolute Gasteiger partial charge is 0.285 e. The van der Waals surface area contributed by atoms with Crippen LogP contribution >= 0.6 is 0 Å². The van der Waals surface area contributed by atoms with Crippen LogP contribution in [0.3, 0.4) is 0 Å². The Labute approximate surface area is 102 Å². The topological polar surface area (TPSA) is 12.4 Å². The SMILES string of the molecule is CC1=NCc2cc(Cc3ccccc3)ccc21. The predicted molar refractivity (Wildman–Crippen MR) is 71.6 cm³/mol. The lowest BCUT2D eigenvalue weighted by atomic mass is 9.99. The minimum atomic E-state index is 0.851. The Morgan fingerprint density at radius 2 is 1.82 bits per heavy atom. The summed E-state index contributed by atoms with van der Waals surface area (Å²) in [5, 5.41) is 0. The van der Waals surface area contributed by atoms with E-state index >= 15 is 0 Å². The highest BCUT2D eigenvalue weighted by molar-refractivity contribution is 6.01. The number of hydrogen-bond acceptors (Lipinski definition) is 1. The Balaban J connectivity index is 1.87. The van der Waals surface area contributed by atoms with Gasteiger partial charge >= 0.3 is 0 Å². The van der Waals surface area contributed by atoms with Crippen LogP contribution in [-0.2, 0) is 13.0 Å².